The second kappa shape index (κ2) is 6.91. The highest BCUT2D eigenvalue weighted by Gasteiger charge is 2.39. The maximum absolute atomic E-state index is 12.3. The molecule has 24 heavy (non-hydrogen) atoms. The third-order valence-corrected chi connectivity index (χ3v) is 5.74. The van der Waals surface area contributed by atoms with Gasteiger partial charge in [0.1, 0.15) is 5.01 Å². The van der Waals surface area contributed by atoms with E-state index in [1.807, 2.05) is 43.5 Å². The van der Waals surface area contributed by atoms with Gasteiger partial charge in [-0.3, -0.25) is 0 Å². The first kappa shape index (κ1) is 16.9. The van der Waals surface area contributed by atoms with Crippen molar-refractivity contribution in [2.24, 2.45) is 5.41 Å². The van der Waals surface area contributed by atoms with E-state index < -0.39 is 0 Å². The molecule has 1 aliphatic carbocycles. The number of amides is 2. The Labute approximate surface area is 146 Å². The van der Waals surface area contributed by atoms with E-state index in [0.717, 1.165) is 41.2 Å². The molecule has 1 fully saturated rings. The van der Waals surface area contributed by atoms with Gasteiger partial charge in [0.25, 0.3) is 0 Å². The Hall–Kier alpha value is -1.92. The summed E-state index contributed by atoms with van der Waals surface area (Å²) in [5.74, 6) is 0. The van der Waals surface area contributed by atoms with Crippen molar-refractivity contribution in [2.45, 2.75) is 39.2 Å². The molecule has 6 heteroatoms. The van der Waals surface area contributed by atoms with Crippen LogP contribution in [0.4, 0.5) is 10.5 Å². The Balaban J connectivity index is 1.67. The number of benzene rings is 1. The standard InChI is InChI=1S/C18H23N3O2S/c1-12-10-24-16(19-12)13-5-3-6-14(9-13)20-17(23)21-15-7-4-8-18(15,2)11-22/h3,5-6,9-10,15,22H,4,7-8,11H2,1-2H3,(H2,20,21,23). The van der Waals surface area contributed by atoms with Gasteiger partial charge in [0.15, 0.2) is 0 Å². The molecule has 0 saturated heterocycles. The van der Waals surface area contributed by atoms with Gasteiger partial charge in [-0.15, -0.1) is 11.3 Å². The number of urea groups is 1. The maximum Gasteiger partial charge on any atom is 0.319 e. The van der Waals surface area contributed by atoms with Crippen molar-refractivity contribution in [3.8, 4) is 10.6 Å². The van der Waals surface area contributed by atoms with E-state index in [9.17, 15) is 9.90 Å². The van der Waals surface area contributed by atoms with E-state index in [1.165, 1.54) is 0 Å². The molecule has 1 heterocycles. The van der Waals surface area contributed by atoms with Crippen LogP contribution in [0.5, 0.6) is 0 Å². The average Bonchev–Trinajstić information content (AvgIpc) is 3.15. The van der Waals surface area contributed by atoms with Crippen LogP contribution < -0.4 is 10.6 Å². The minimum Gasteiger partial charge on any atom is -0.396 e. The summed E-state index contributed by atoms with van der Waals surface area (Å²) in [4.78, 5) is 16.8. The molecule has 128 valence electrons. The van der Waals surface area contributed by atoms with Crippen molar-refractivity contribution < 1.29 is 9.90 Å². The Morgan fingerprint density at radius 3 is 3.04 bits per heavy atom. The summed E-state index contributed by atoms with van der Waals surface area (Å²) >= 11 is 1.59. The molecule has 0 aliphatic heterocycles. The number of nitrogens with one attached hydrogen (secondary N) is 2. The van der Waals surface area contributed by atoms with Crippen molar-refractivity contribution in [2.75, 3.05) is 11.9 Å². The fourth-order valence-electron chi connectivity index (χ4n) is 3.21. The van der Waals surface area contributed by atoms with Crippen LogP contribution in [0.3, 0.4) is 0 Å². The second-order valence-corrected chi connectivity index (χ2v) is 7.59. The molecule has 3 rings (SSSR count). The molecule has 1 saturated carbocycles. The summed E-state index contributed by atoms with van der Waals surface area (Å²) in [7, 11) is 0. The molecule has 3 N–H and O–H groups in total. The minimum absolute atomic E-state index is 0.00675. The van der Waals surface area contributed by atoms with Gasteiger partial charge in [-0.25, -0.2) is 9.78 Å². The van der Waals surface area contributed by atoms with Gasteiger partial charge >= 0.3 is 6.03 Å². The van der Waals surface area contributed by atoms with E-state index in [2.05, 4.69) is 15.6 Å². The van der Waals surface area contributed by atoms with Crippen LogP contribution in [0.1, 0.15) is 31.9 Å². The summed E-state index contributed by atoms with van der Waals surface area (Å²) in [6.45, 7) is 4.09. The van der Waals surface area contributed by atoms with Gasteiger partial charge in [-0.1, -0.05) is 25.5 Å². The van der Waals surface area contributed by atoms with Crippen LogP contribution in [0.15, 0.2) is 29.6 Å². The lowest BCUT2D eigenvalue weighted by Gasteiger charge is -2.30. The number of anilines is 1. The van der Waals surface area contributed by atoms with Crippen LogP contribution in [-0.4, -0.2) is 28.8 Å². The summed E-state index contributed by atoms with van der Waals surface area (Å²) < 4.78 is 0. The van der Waals surface area contributed by atoms with E-state index in [1.54, 1.807) is 11.3 Å². The SMILES string of the molecule is Cc1csc(-c2cccc(NC(=O)NC3CCCC3(C)CO)c2)n1. The van der Waals surface area contributed by atoms with Crippen LogP contribution in [-0.2, 0) is 0 Å². The molecule has 1 aromatic heterocycles. The molecular weight excluding hydrogens is 322 g/mol. The highest BCUT2D eigenvalue weighted by atomic mass is 32.1. The second-order valence-electron chi connectivity index (χ2n) is 6.73. The first-order valence-electron chi connectivity index (χ1n) is 8.21. The lowest BCUT2D eigenvalue weighted by molar-refractivity contribution is 0.122. The normalized spacial score (nSPS) is 23.2. The predicted octanol–water partition coefficient (Wildman–Crippen LogP) is 3.79. The maximum atomic E-state index is 12.3. The average molecular weight is 345 g/mol. The largest absolute Gasteiger partial charge is 0.396 e. The van der Waals surface area contributed by atoms with Crippen molar-refractivity contribution >= 4 is 23.1 Å². The summed E-state index contributed by atoms with van der Waals surface area (Å²) in [5, 5.41) is 18.4. The fourth-order valence-corrected chi connectivity index (χ4v) is 4.00. The number of aliphatic hydroxyl groups is 1. The van der Waals surface area contributed by atoms with Crippen molar-refractivity contribution in [3.63, 3.8) is 0 Å². The van der Waals surface area contributed by atoms with Gasteiger partial charge in [-0.2, -0.15) is 0 Å². The zero-order valence-electron chi connectivity index (χ0n) is 14.0. The Morgan fingerprint density at radius 2 is 2.33 bits per heavy atom. The number of thiazole rings is 1. The summed E-state index contributed by atoms with van der Waals surface area (Å²) in [6, 6.07) is 7.47. The smallest absolute Gasteiger partial charge is 0.319 e. The van der Waals surface area contributed by atoms with Gasteiger partial charge in [-0.05, 0) is 31.9 Å². The third-order valence-electron chi connectivity index (χ3n) is 4.73. The number of aliphatic hydroxyl groups excluding tert-OH is 1. The van der Waals surface area contributed by atoms with Crippen LogP contribution in [0.2, 0.25) is 0 Å². The molecule has 2 amide bonds. The molecule has 2 aromatic rings. The molecule has 2 atom stereocenters. The molecule has 1 aromatic carbocycles. The Bertz CT molecular complexity index is 731. The monoisotopic (exact) mass is 345 g/mol. The zero-order valence-corrected chi connectivity index (χ0v) is 14.8. The summed E-state index contributed by atoms with van der Waals surface area (Å²) in [6.07, 6.45) is 2.87. The van der Waals surface area contributed by atoms with E-state index in [-0.39, 0.29) is 24.1 Å². The molecule has 0 bridgehead atoms. The highest BCUT2D eigenvalue weighted by Crippen LogP contribution is 2.37. The molecule has 1 aliphatic rings. The highest BCUT2D eigenvalue weighted by molar-refractivity contribution is 7.13. The van der Waals surface area contributed by atoms with Crippen molar-refractivity contribution in [3.05, 3.63) is 35.3 Å². The van der Waals surface area contributed by atoms with Crippen LogP contribution >= 0.6 is 11.3 Å². The number of hydrogen-bond acceptors (Lipinski definition) is 4. The lowest BCUT2D eigenvalue weighted by atomic mass is 9.86. The first-order valence-corrected chi connectivity index (χ1v) is 9.09. The molecular formula is C18H23N3O2S. The van der Waals surface area contributed by atoms with Gasteiger partial charge in [0.05, 0.1) is 6.61 Å². The summed E-state index contributed by atoms with van der Waals surface area (Å²) in [5.41, 5.74) is 2.50. The van der Waals surface area contributed by atoms with Gasteiger partial charge < -0.3 is 15.7 Å². The molecule has 2 unspecified atom stereocenters. The topological polar surface area (TPSA) is 74.2 Å². The minimum atomic E-state index is -0.228. The van der Waals surface area contributed by atoms with E-state index >= 15 is 0 Å². The molecule has 0 radical (unpaired) electrons. The first-order chi connectivity index (χ1) is 11.5. The molecule has 0 spiro atoms. The van der Waals surface area contributed by atoms with E-state index in [4.69, 9.17) is 0 Å². The quantitative estimate of drug-likeness (QED) is 0.789. The number of nitrogens with zero attached hydrogens (tertiary/aromatic N) is 1. The number of hydrogen-bond donors (Lipinski definition) is 3. The number of carbonyl (C=O) groups is 1. The number of carbonyl (C=O) groups excluding carboxylic acids is 1. The molecule has 5 nitrogen and oxygen atoms in total. The third kappa shape index (κ3) is 3.60. The Morgan fingerprint density at radius 1 is 1.50 bits per heavy atom. The van der Waals surface area contributed by atoms with Gasteiger partial charge in [0.2, 0.25) is 0 Å². The Kier molecular flexibility index (Phi) is 4.87. The zero-order chi connectivity index (χ0) is 17.2. The number of aromatic nitrogens is 1. The van der Waals surface area contributed by atoms with Crippen molar-refractivity contribution in [1.82, 2.24) is 10.3 Å². The van der Waals surface area contributed by atoms with Crippen LogP contribution in [0, 0.1) is 12.3 Å². The van der Waals surface area contributed by atoms with Crippen molar-refractivity contribution in [1.29, 1.82) is 0 Å². The van der Waals surface area contributed by atoms with E-state index in [0.29, 0.717) is 0 Å². The predicted molar refractivity (Wildman–Crippen MR) is 97.3 cm³/mol. The number of rotatable bonds is 4. The van der Waals surface area contributed by atoms with Crippen LogP contribution in [0.25, 0.3) is 10.6 Å². The van der Waals surface area contributed by atoms with Gasteiger partial charge in [0, 0.05) is 33.8 Å². The fraction of sp³-hybridized carbons (Fsp3) is 0.444. The number of aryl methyl sites for hydroxylation is 1. The lowest BCUT2D eigenvalue weighted by Crippen LogP contribution is -2.46.